The molecule has 1 saturated carbocycles. The first kappa shape index (κ1) is 19.3. The van der Waals surface area contributed by atoms with Crippen molar-refractivity contribution in [2.45, 2.75) is 39.2 Å². The fourth-order valence-electron chi connectivity index (χ4n) is 2.82. The lowest BCUT2D eigenvalue weighted by Crippen LogP contribution is -2.45. The third kappa shape index (κ3) is 4.52. The number of aromatic nitrogens is 1. The van der Waals surface area contributed by atoms with Gasteiger partial charge in [0.15, 0.2) is 12.3 Å². The topological polar surface area (TPSA) is 68.3 Å². The Morgan fingerprint density at radius 1 is 1.25 bits per heavy atom. The van der Waals surface area contributed by atoms with Gasteiger partial charge in [0.05, 0.1) is 15.1 Å². The highest BCUT2D eigenvalue weighted by Crippen LogP contribution is 2.31. The predicted molar refractivity (Wildman–Crippen MR) is 93.7 cm³/mol. The number of hydrogen-bond donors (Lipinski definition) is 1. The van der Waals surface area contributed by atoms with Crippen molar-refractivity contribution >= 4 is 46.7 Å². The van der Waals surface area contributed by atoms with Crippen LogP contribution in [0, 0.1) is 11.8 Å². The van der Waals surface area contributed by atoms with Crippen LogP contribution in [0.4, 0.5) is 0 Å². The van der Waals surface area contributed by atoms with Crippen molar-refractivity contribution < 1.29 is 14.3 Å². The van der Waals surface area contributed by atoms with Crippen molar-refractivity contribution in [3.05, 3.63) is 27.0 Å². The van der Waals surface area contributed by atoms with Gasteiger partial charge in [-0.25, -0.2) is 9.78 Å². The van der Waals surface area contributed by atoms with Crippen molar-refractivity contribution in [2.24, 2.45) is 11.8 Å². The minimum Gasteiger partial charge on any atom is -0.451 e. The molecule has 0 saturated heterocycles. The molecule has 1 aromatic rings. The van der Waals surface area contributed by atoms with E-state index >= 15 is 0 Å². The molecular formula is C16H19Cl3N2O3. The number of pyridine rings is 1. The molecule has 0 bridgehead atoms. The largest absolute Gasteiger partial charge is 0.451 e. The number of halogens is 3. The fraction of sp³-hybridized carbons (Fsp3) is 0.562. The summed E-state index contributed by atoms with van der Waals surface area (Å²) in [5, 5.41) is 2.99. The zero-order chi connectivity index (χ0) is 17.9. The maximum atomic E-state index is 12.0. The fourth-order valence-corrected chi connectivity index (χ4v) is 3.38. The van der Waals surface area contributed by atoms with Crippen LogP contribution < -0.4 is 5.32 Å². The molecule has 1 N–H and O–H groups in total. The van der Waals surface area contributed by atoms with Crippen molar-refractivity contribution in [2.75, 3.05) is 6.61 Å². The maximum Gasteiger partial charge on any atom is 0.359 e. The van der Waals surface area contributed by atoms with E-state index < -0.39 is 12.6 Å². The van der Waals surface area contributed by atoms with Crippen LogP contribution >= 0.6 is 34.8 Å². The Morgan fingerprint density at radius 2 is 1.96 bits per heavy atom. The second-order valence-electron chi connectivity index (χ2n) is 6.10. The van der Waals surface area contributed by atoms with E-state index in [1.165, 1.54) is 12.6 Å². The molecule has 24 heavy (non-hydrogen) atoms. The Morgan fingerprint density at radius 3 is 2.67 bits per heavy atom. The maximum absolute atomic E-state index is 12.0. The molecule has 1 aliphatic rings. The number of carbonyl (C=O) groups excluding carboxylic acids is 2. The molecule has 0 radical (unpaired) electrons. The van der Waals surface area contributed by atoms with Gasteiger partial charge < -0.3 is 10.1 Å². The first-order chi connectivity index (χ1) is 11.3. The number of ether oxygens (including phenoxy) is 1. The summed E-state index contributed by atoms with van der Waals surface area (Å²) in [5.41, 5.74) is -0.168. The van der Waals surface area contributed by atoms with Gasteiger partial charge in [-0.05, 0) is 18.3 Å². The molecule has 1 aliphatic carbocycles. The molecule has 1 aromatic heterocycles. The van der Waals surface area contributed by atoms with Crippen LogP contribution in [-0.4, -0.2) is 29.5 Å². The van der Waals surface area contributed by atoms with Gasteiger partial charge in [0, 0.05) is 12.2 Å². The summed E-state index contributed by atoms with van der Waals surface area (Å²) in [6.07, 6.45) is 4.39. The summed E-state index contributed by atoms with van der Waals surface area (Å²) in [7, 11) is 0. The van der Waals surface area contributed by atoms with Gasteiger partial charge in [-0.3, -0.25) is 4.79 Å². The average Bonchev–Trinajstić information content (AvgIpc) is 2.55. The predicted octanol–water partition coefficient (Wildman–Crippen LogP) is 4.14. The molecule has 2 rings (SSSR count). The number of esters is 1. The standard InChI is InChI=1S/C16H19Cl3N2O3/c1-8-4-3-5-11(9(8)2)21-12(22)7-24-16(23)15-14(19)13(18)10(17)6-20-15/h6,8-9,11H,3-5,7H2,1-2H3,(H,21,22)/t8-,9-,11-/m1/s1. The number of amides is 1. The monoisotopic (exact) mass is 392 g/mol. The van der Waals surface area contributed by atoms with Crippen LogP contribution in [0.15, 0.2) is 6.20 Å². The lowest BCUT2D eigenvalue weighted by atomic mass is 9.78. The molecule has 132 valence electrons. The van der Waals surface area contributed by atoms with E-state index in [4.69, 9.17) is 39.5 Å². The minimum atomic E-state index is -0.821. The summed E-state index contributed by atoms with van der Waals surface area (Å²) in [5.74, 6) is -0.209. The van der Waals surface area contributed by atoms with Crippen LogP contribution in [0.25, 0.3) is 0 Å². The Balaban J connectivity index is 1.90. The zero-order valence-electron chi connectivity index (χ0n) is 13.4. The molecule has 5 nitrogen and oxygen atoms in total. The van der Waals surface area contributed by atoms with Crippen molar-refractivity contribution in [1.82, 2.24) is 10.3 Å². The van der Waals surface area contributed by atoms with E-state index in [0.29, 0.717) is 11.8 Å². The van der Waals surface area contributed by atoms with E-state index in [1.807, 2.05) is 0 Å². The van der Waals surface area contributed by atoms with Gasteiger partial charge in [0.2, 0.25) is 0 Å². The zero-order valence-corrected chi connectivity index (χ0v) is 15.7. The third-order valence-corrected chi connectivity index (χ3v) is 5.74. The second kappa shape index (κ2) is 8.37. The van der Waals surface area contributed by atoms with E-state index in [0.717, 1.165) is 12.8 Å². The molecule has 0 aromatic carbocycles. The van der Waals surface area contributed by atoms with Gasteiger partial charge in [0.25, 0.3) is 5.91 Å². The molecule has 0 spiro atoms. The van der Waals surface area contributed by atoms with E-state index in [1.54, 1.807) is 0 Å². The summed E-state index contributed by atoms with van der Waals surface area (Å²) in [6.45, 7) is 3.91. The van der Waals surface area contributed by atoms with Crippen molar-refractivity contribution in [3.8, 4) is 0 Å². The van der Waals surface area contributed by atoms with Gasteiger partial charge in [-0.1, -0.05) is 61.5 Å². The number of nitrogens with one attached hydrogen (secondary N) is 1. The van der Waals surface area contributed by atoms with Gasteiger partial charge in [0.1, 0.15) is 0 Å². The van der Waals surface area contributed by atoms with Crippen LogP contribution in [0.1, 0.15) is 43.6 Å². The molecular weight excluding hydrogens is 375 g/mol. The molecule has 0 unspecified atom stereocenters. The van der Waals surface area contributed by atoms with Gasteiger partial charge in [-0.2, -0.15) is 0 Å². The Kier molecular flexibility index (Phi) is 6.72. The Bertz CT molecular complexity index is 639. The normalized spacial score (nSPS) is 23.6. The molecule has 3 atom stereocenters. The average molecular weight is 394 g/mol. The third-order valence-electron chi connectivity index (χ3n) is 4.50. The summed E-state index contributed by atoms with van der Waals surface area (Å²) in [4.78, 5) is 27.8. The molecule has 1 fully saturated rings. The quantitative estimate of drug-likeness (QED) is 0.781. The minimum absolute atomic E-state index is 0.0229. The highest BCUT2D eigenvalue weighted by Gasteiger charge is 2.28. The number of nitrogens with zero attached hydrogens (tertiary/aromatic N) is 1. The van der Waals surface area contributed by atoms with E-state index in [-0.39, 0.29) is 32.7 Å². The smallest absolute Gasteiger partial charge is 0.359 e. The lowest BCUT2D eigenvalue weighted by molar-refractivity contribution is -0.125. The summed E-state index contributed by atoms with van der Waals surface area (Å²) < 4.78 is 4.97. The molecule has 8 heteroatoms. The lowest BCUT2D eigenvalue weighted by Gasteiger charge is -2.34. The van der Waals surface area contributed by atoms with Gasteiger partial charge >= 0.3 is 5.97 Å². The summed E-state index contributed by atoms with van der Waals surface area (Å²) >= 11 is 17.5. The van der Waals surface area contributed by atoms with Crippen LogP contribution in [-0.2, 0) is 9.53 Å². The van der Waals surface area contributed by atoms with Crippen LogP contribution in [0.5, 0.6) is 0 Å². The first-order valence-electron chi connectivity index (χ1n) is 7.77. The number of carbonyl (C=O) groups is 2. The van der Waals surface area contributed by atoms with Gasteiger partial charge in [-0.15, -0.1) is 0 Å². The number of rotatable bonds is 4. The van der Waals surface area contributed by atoms with Crippen molar-refractivity contribution in [1.29, 1.82) is 0 Å². The van der Waals surface area contributed by atoms with E-state index in [2.05, 4.69) is 24.1 Å². The van der Waals surface area contributed by atoms with E-state index in [9.17, 15) is 9.59 Å². The Labute approximate surface area is 156 Å². The van der Waals surface area contributed by atoms with Crippen LogP contribution in [0.2, 0.25) is 15.1 Å². The van der Waals surface area contributed by atoms with Crippen molar-refractivity contribution in [3.63, 3.8) is 0 Å². The summed E-state index contributed by atoms with van der Waals surface area (Å²) in [6, 6.07) is 0.103. The highest BCUT2D eigenvalue weighted by atomic mass is 35.5. The SMILES string of the molecule is C[C@@H]1[C@H](C)CCC[C@H]1NC(=O)COC(=O)c1ncc(Cl)c(Cl)c1Cl. The highest BCUT2D eigenvalue weighted by molar-refractivity contribution is 6.48. The number of hydrogen-bond acceptors (Lipinski definition) is 4. The first-order valence-corrected chi connectivity index (χ1v) is 8.90. The Hall–Kier alpha value is -1.04. The molecule has 1 amide bonds. The molecule has 1 heterocycles. The second-order valence-corrected chi connectivity index (χ2v) is 7.26. The molecule has 0 aliphatic heterocycles. The van der Waals surface area contributed by atoms with Crippen LogP contribution in [0.3, 0.4) is 0 Å².